The van der Waals surface area contributed by atoms with Crippen LogP contribution in [0.1, 0.15) is 15.9 Å². The highest BCUT2D eigenvalue weighted by Gasteiger charge is 2.10. The van der Waals surface area contributed by atoms with Gasteiger partial charge in [-0.3, -0.25) is 0 Å². The van der Waals surface area contributed by atoms with Gasteiger partial charge in [-0.25, -0.2) is 4.79 Å². The van der Waals surface area contributed by atoms with E-state index in [-0.39, 0.29) is 0 Å². The Balaban J connectivity index is 2.02. The zero-order chi connectivity index (χ0) is 16.8. The Kier molecular flexibility index (Phi) is 6.21. The Labute approximate surface area is 149 Å². The predicted octanol–water partition coefficient (Wildman–Crippen LogP) is 4.27. The number of hydrogen-bond donors (Lipinski definition) is 2. The summed E-state index contributed by atoms with van der Waals surface area (Å²) in [5.41, 5.74) is 1.83. The van der Waals surface area contributed by atoms with Crippen LogP contribution in [0.4, 0.5) is 5.69 Å². The Morgan fingerprint density at radius 1 is 1.17 bits per heavy atom. The van der Waals surface area contributed by atoms with Crippen LogP contribution in [0.2, 0.25) is 10.0 Å². The molecule has 0 fully saturated rings. The van der Waals surface area contributed by atoms with Crippen molar-refractivity contribution in [3.63, 3.8) is 0 Å². The molecule has 0 saturated carbocycles. The Hall–Kier alpha value is -1.82. The summed E-state index contributed by atoms with van der Waals surface area (Å²) < 4.78 is 4.68. The molecule has 7 heteroatoms. The predicted molar refractivity (Wildman–Crippen MR) is 97.3 cm³/mol. The fraction of sp³-hybridized carbons (Fsp3) is 0.125. The summed E-state index contributed by atoms with van der Waals surface area (Å²) in [6.45, 7) is 0.472. The first-order valence-corrected chi connectivity index (χ1v) is 7.84. The number of rotatable bonds is 4. The van der Waals surface area contributed by atoms with Gasteiger partial charge in [0.1, 0.15) is 0 Å². The van der Waals surface area contributed by atoms with Gasteiger partial charge in [0.05, 0.1) is 23.4 Å². The summed E-state index contributed by atoms with van der Waals surface area (Å²) in [5, 5.41) is 7.47. The SMILES string of the molecule is COC(=O)c1ccc(Cl)c(NC(=S)NCc2ccccc2Cl)c1. The van der Waals surface area contributed by atoms with Crippen molar-refractivity contribution >= 4 is 52.2 Å². The number of anilines is 1. The molecule has 120 valence electrons. The van der Waals surface area contributed by atoms with E-state index in [1.165, 1.54) is 7.11 Å². The molecular weight excluding hydrogens is 355 g/mol. The van der Waals surface area contributed by atoms with E-state index >= 15 is 0 Å². The van der Waals surface area contributed by atoms with Gasteiger partial charge in [0.25, 0.3) is 0 Å². The van der Waals surface area contributed by atoms with E-state index < -0.39 is 5.97 Å². The first-order chi connectivity index (χ1) is 11.0. The first-order valence-electron chi connectivity index (χ1n) is 6.67. The highest BCUT2D eigenvalue weighted by molar-refractivity contribution is 7.80. The molecule has 2 rings (SSSR count). The Morgan fingerprint density at radius 2 is 1.91 bits per heavy atom. The van der Waals surface area contributed by atoms with Gasteiger partial charge in [0.2, 0.25) is 0 Å². The van der Waals surface area contributed by atoms with E-state index in [0.29, 0.717) is 33.0 Å². The minimum atomic E-state index is -0.445. The van der Waals surface area contributed by atoms with Crippen molar-refractivity contribution in [3.05, 3.63) is 63.6 Å². The number of methoxy groups -OCH3 is 1. The van der Waals surface area contributed by atoms with E-state index in [4.69, 9.17) is 35.4 Å². The maximum atomic E-state index is 11.6. The maximum Gasteiger partial charge on any atom is 0.337 e. The zero-order valence-electron chi connectivity index (χ0n) is 12.2. The van der Waals surface area contributed by atoms with E-state index in [1.807, 2.05) is 24.3 Å². The van der Waals surface area contributed by atoms with Gasteiger partial charge in [-0.15, -0.1) is 0 Å². The van der Waals surface area contributed by atoms with Crippen LogP contribution >= 0.6 is 35.4 Å². The Morgan fingerprint density at radius 3 is 2.61 bits per heavy atom. The molecule has 0 saturated heterocycles. The number of carbonyl (C=O) groups is 1. The molecule has 2 N–H and O–H groups in total. The molecule has 0 aliphatic rings. The number of halogens is 2. The van der Waals surface area contributed by atoms with Crippen LogP contribution in [0.25, 0.3) is 0 Å². The number of nitrogens with one attached hydrogen (secondary N) is 2. The largest absolute Gasteiger partial charge is 0.465 e. The van der Waals surface area contributed by atoms with Crippen LogP contribution in [0.15, 0.2) is 42.5 Å². The van der Waals surface area contributed by atoms with Crippen LogP contribution in [-0.2, 0) is 11.3 Å². The molecule has 0 bridgehead atoms. The molecule has 0 radical (unpaired) electrons. The molecule has 2 aromatic carbocycles. The third-order valence-corrected chi connectivity index (χ3v) is 3.98. The second kappa shape index (κ2) is 8.15. The molecule has 2 aromatic rings. The highest BCUT2D eigenvalue weighted by atomic mass is 35.5. The van der Waals surface area contributed by atoms with Gasteiger partial charge in [0, 0.05) is 11.6 Å². The summed E-state index contributed by atoms with van der Waals surface area (Å²) in [6, 6.07) is 12.2. The summed E-state index contributed by atoms with van der Waals surface area (Å²) >= 11 is 17.4. The van der Waals surface area contributed by atoms with E-state index in [2.05, 4.69) is 15.4 Å². The number of carbonyl (C=O) groups excluding carboxylic acids is 1. The lowest BCUT2D eigenvalue weighted by molar-refractivity contribution is 0.0601. The summed E-state index contributed by atoms with van der Waals surface area (Å²) in [4.78, 5) is 11.6. The molecule has 23 heavy (non-hydrogen) atoms. The molecule has 0 amide bonds. The van der Waals surface area contributed by atoms with Gasteiger partial charge in [-0.2, -0.15) is 0 Å². The van der Waals surface area contributed by atoms with E-state index in [1.54, 1.807) is 18.2 Å². The second-order valence-electron chi connectivity index (χ2n) is 4.59. The number of benzene rings is 2. The van der Waals surface area contributed by atoms with Crippen molar-refractivity contribution < 1.29 is 9.53 Å². The van der Waals surface area contributed by atoms with Crippen LogP contribution in [0, 0.1) is 0 Å². The molecule has 0 atom stereocenters. The first kappa shape index (κ1) is 17.5. The highest BCUT2D eigenvalue weighted by Crippen LogP contribution is 2.23. The van der Waals surface area contributed by atoms with E-state index in [9.17, 15) is 4.79 Å². The minimum absolute atomic E-state index is 0.369. The van der Waals surface area contributed by atoms with Crippen LogP contribution < -0.4 is 10.6 Å². The monoisotopic (exact) mass is 368 g/mol. The third kappa shape index (κ3) is 4.82. The number of esters is 1. The fourth-order valence-corrected chi connectivity index (χ4v) is 2.40. The van der Waals surface area contributed by atoms with Gasteiger partial charge < -0.3 is 15.4 Å². The van der Waals surface area contributed by atoms with Crippen molar-refractivity contribution in [1.29, 1.82) is 0 Å². The molecule has 0 aliphatic carbocycles. The molecule has 4 nitrogen and oxygen atoms in total. The number of thiocarbonyl (C=S) groups is 1. The molecule has 0 aromatic heterocycles. The van der Waals surface area contributed by atoms with Gasteiger partial charge in [-0.1, -0.05) is 41.4 Å². The normalized spacial score (nSPS) is 10.0. The average molecular weight is 369 g/mol. The van der Waals surface area contributed by atoms with Gasteiger partial charge in [0.15, 0.2) is 5.11 Å². The van der Waals surface area contributed by atoms with Crippen LogP contribution in [0.5, 0.6) is 0 Å². The fourth-order valence-electron chi connectivity index (χ4n) is 1.85. The summed E-state index contributed by atoms with van der Waals surface area (Å²) in [6.07, 6.45) is 0. The molecular formula is C16H14Cl2N2O2S. The van der Waals surface area contributed by atoms with E-state index in [0.717, 1.165) is 5.56 Å². The van der Waals surface area contributed by atoms with Crippen molar-refractivity contribution in [2.45, 2.75) is 6.54 Å². The number of ether oxygens (including phenoxy) is 1. The molecule has 0 heterocycles. The lowest BCUT2D eigenvalue weighted by Gasteiger charge is -2.13. The molecule has 0 unspecified atom stereocenters. The smallest absolute Gasteiger partial charge is 0.337 e. The minimum Gasteiger partial charge on any atom is -0.465 e. The van der Waals surface area contributed by atoms with Crippen LogP contribution in [0.3, 0.4) is 0 Å². The summed E-state index contributed by atoms with van der Waals surface area (Å²) in [5.74, 6) is -0.445. The summed E-state index contributed by atoms with van der Waals surface area (Å²) in [7, 11) is 1.32. The molecule has 0 spiro atoms. The van der Waals surface area contributed by atoms with Crippen LogP contribution in [-0.4, -0.2) is 18.2 Å². The lowest BCUT2D eigenvalue weighted by Crippen LogP contribution is -2.28. The van der Waals surface area contributed by atoms with Crippen molar-refractivity contribution in [1.82, 2.24) is 5.32 Å². The second-order valence-corrected chi connectivity index (χ2v) is 5.81. The van der Waals surface area contributed by atoms with Gasteiger partial charge >= 0.3 is 5.97 Å². The van der Waals surface area contributed by atoms with Crippen molar-refractivity contribution in [3.8, 4) is 0 Å². The third-order valence-electron chi connectivity index (χ3n) is 3.03. The van der Waals surface area contributed by atoms with Gasteiger partial charge in [-0.05, 0) is 42.0 Å². The zero-order valence-corrected chi connectivity index (χ0v) is 14.6. The number of hydrogen-bond acceptors (Lipinski definition) is 3. The lowest BCUT2D eigenvalue weighted by atomic mass is 10.2. The average Bonchev–Trinajstić information content (AvgIpc) is 2.55. The molecule has 0 aliphatic heterocycles. The topological polar surface area (TPSA) is 50.4 Å². The standard InChI is InChI=1S/C16H14Cl2N2O2S/c1-22-15(21)10-6-7-13(18)14(8-10)20-16(23)19-9-11-4-2-3-5-12(11)17/h2-8H,9H2,1H3,(H2,19,20,23). The maximum absolute atomic E-state index is 11.6. The Bertz CT molecular complexity index is 738. The van der Waals surface area contributed by atoms with Crippen molar-refractivity contribution in [2.24, 2.45) is 0 Å². The van der Waals surface area contributed by atoms with Crippen molar-refractivity contribution in [2.75, 3.05) is 12.4 Å². The quantitative estimate of drug-likeness (QED) is 0.623.